The summed E-state index contributed by atoms with van der Waals surface area (Å²) >= 11 is 0. The van der Waals surface area contributed by atoms with Crippen LogP contribution in [0.5, 0.6) is 11.5 Å². The predicted molar refractivity (Wildman–Crippen MR) is 101 cm³/mol. The lowest BCUT2D eigenvalue weighted by Gasteiger charge is -2.19. The second-order valence-corrected chi connectivity index (χ2v) is 6.13. The van der Waals surface area contributed by atoms with E-state index in [1.165, 1.54) is 13.4 Å². The van der Waals surface area contributed by atoms with Gasteiger partial charge in [-0.3, -0.25) is 4.79 Å². The molecule has 27 heavy (non-hydrogen) atoms. The van der Waals surface area contributed by atoms with Crippen molar-refractivity contribution < 1.29 is 19.0 Å². The van der Waals surface area contributed by atoms with E-state index < -0.39 is 0 Å². The smallest absolute Gasteiger partial charge is 0.305 e. The third-order valence-corrected chi connectivity index (χ3v) is 4.36. The summed E-state index contributed by atoms with van der Waals surface area (Å²) in [5.74, 6) is 1.89. The maximum Gasteiger partial charge on any atom is 0.305 e. The number of benzene rings is 2. The van der Waals surface area contributed by atoms with Crippen LogP contribution in [0.3, 0.4) is 0 Å². The number of ether oxygens (including phenoxy) is 3. The number of aryl methyl sites for hydroxylation is 1. The Hall–Kier alpha value is -3.35. The Kier molecular flexibility index (Phi) is 4.74. The summed E-state index contributed by atoms with van der Waals surface area (Å²) in [6.07, 6.45) is 2.53. The SMILES string of the molecule is COC(=O)CCc1ccc(Nc2ncnc3cc4c(cc23)OCCO4)cc1. The van der Waals surface area contributed by atoms with E-state index in [0.717, 1.165) is 22.2 Å². The molecule has 138 valence electrons. The first-order valence-electron chi connectivity index (χ1n) is 8.70. The number of esters is 1. The Balaban J connectivity index is 1.55. The number of hydrogen-bond acceptors (Lipinski definition) is 7. The molecule has 0 bridgehead atoms. The van der Waals surface area contributed by atoms with Crippen molar-refractivity contribution in [3.05, 3.63) is 48.3 Å². The Morgan fingerprint density at radius 1 is 1.11 bits per heavy atom. The summed E-state index contributed by atoms with van der Waals surface area (Å²) in [6, 6.07) is 11.6. The normalized spacial score (nSPS) is 12.6. The molecule has 1 aliphatic heterocycles. The fourth-order valence-electron chi connectivity index (χ4n) is 2.93. The van der Waals surface area contributed by atoms with Gasteiger partial charge in [0.15, 0.2) is 11.5 Å². The molecule has 4 rings (SSSR count). The fourth-order valence-corrected chi connectivity index (χ4v) is 2.93. The van der Waals surface area contributed by atoms with E-state index in [4.69, 9.17) is 9.47 Å². The minimum Gasteiger partial charge on any atom is -0.486 e. The molecule has 0 aliphatic carbocycles. The second kappa shape index (κ2) is 7.49. The predicted octanol–water partition coefficient (Wildman–Crippen LogP) is 3.25. The van der Waals surface area contributed by atoms with Crippen LogP contribution >= 0.6 is 0 Å². The molecule has 0 spiro atoms. The molecule has 1 aliphatic rings. The highest BCUT2D eigenvalue weighted by Crippen LogP contribution is 2.36. The molecule has 7 heteroatoms. The van der Waals surface area contributed by atoms with Gasteiger partial charge in [-0.1, -0.05) is 12.1 Å². The van der Waals surface area contributed by atoms with Crippen LogP contribution in [-0.4, -0.2) is 36.3 Å². The average molecular weight is 365 g/mol. The van der Waals surface area contributed by atoms with E-state index in [-0.39, 0.29) is 5.97 Å². The van der Waals surface area contributed by atoms with E-state index in [9.17, 15) is 4.79 Å². The van der Waals surface area contributed by atoms with E-state index in [1.54, 1.807) is 0 Å². The van der Waals surface area contributed by atoms with Crippen molar-refractivity contribution in [2.45, 2.75) is 12.8 Å². The Morgan fingerprint density at radius 2 is 1.85 bits per heavy atom. The van der Waals surface area contributed by atoms with Gasteiger partial charge >= 0.3 is 5.97 Å². The summed E-state index contributed by atoms with van der Waals surface area (Å²) in [6.45, 7) is 1.07. The van der Waals surface area contributed by atoms with E-state index in [0.29, 0.717) is 43.4 Å². The van der Waals surface area contributed by atoms with E-state index >= 15 is 0 Å². The quantitative estimate of drug-likeness (QED) is 0.695. The number of rotatable bonds is 5. The number of anilines is 2. The second-order valence-electron chi connectivity index (χ2n) is 6.13. The van der Waals surface area contributed by atoms with Gasteiger partial charge in [0.05, 0.1) is 12.6 Å². The highest BCUT2D eigenvalue weighted by molar-refractivity contribution is 5.93. The van der Waals surface area contributed by atoms with Crippen LogP contribution in [-0.2, 0) is 16.0 Å². The number of fused-ring (bicyclic) bond motifs is 2. The molecule has 0 fully saturated rings. The van der Waals surface area contributed by atoms with Crippen molar-refractivity contribution in [2.24, 2.45) is 0 Å². The zero-order valence-corrected chi connectivity index (χ0v) is 14.9. The monoisotopic (exact) mass is 365 g/mol. The zero-order chi connectivity index (χ0) is 18.6. The number of nitrogens with one attached hydrogen (secondary N) is 1. The Bertz CT molecular complexity index is 973. The third kappa shape index (κ3) is 3.76. The number of methoxy groups -OCH3 is 1. The molecule has 3 aromatic rings. The molecule has 0 unspecified atom stereocenters. The largest absolute Gasteiger partial charge is 0.486 e. The van der Waals surface area contributed by atoms with Gasteiger partial charge in [-0.05, 0) is 30.2 Å². The van der Waals surface area contributed by atoms with Crippen LogP contribution in [0.1, 0.15) is 12.0 Å². The molecule has 2 heterocycles. The van der Waals surface area contributed by atoms with Crippen molar-refractivity contribution in [2.75, 3.05) is 25.6 Å². The molecule has 2 aromatic carbocycles. The molecular weight excluding hydrogens is 346 g/mol. The highest BCUT2D eigenvalue weighted by atomic mass is 16.6. The van der Waals surface area contributed by atoms with Crippen LogP contribution < -0.4 is 14.8 Å². The van der Waals surface area contributed by atoms with Gasteiger partial charge in [0.2, 0.25) is 0 Å². The van der Waals surface area contributed by atoms with Crippen molar-refractivity contribution >= 4 is 28.4 Å². The molecule has 0 amide bonds. The molecular formula is C20H19N3O4. The fraction of sp³-hybridized carbons (Fsp3) is 0.250. The first-order valence-corrected chi connectivity index (χ1v) is 8.70. The van der Waals surface area contributed by atoms with E-state index in [2.05, 4.69) is 20.0 Å². The van der Waals surface area contributed by atoms with E-state index in [1.807, 2.05) is 36.4 Å². The summed E-state index contributed by atoms with van der Waals surface area (Å²) in [4.78, 5) is 19.9. The minimum absolute atomic E-state index is 0.209. The molecule has 7 nitrogen and oxygen atoms in total. The lowest BCUT2D eigenvalue weighted by Crippen LogP contribution is -2.15. The molecule has 0 saturated heterocycles. The van der Waals surface area contributed by atoms with Crippen molar-refractivity contribution in [3.8, 4) is 11.5 Å². The number of aromatic nitrogens is 2. The van der Waals surface area contributed by atoms with Gasteiger partial charge in [0.1, 0.15) is 25.4 Å². The standard InChI is InChI=1S/C20H19N3O4/c1-25-19(24)7-4-13-2-5-14(6-3-13)23-20-15-10-17-18(27-9-8-26-17)11-16(15)21-12-22-20/h2-3,5-6,10-12H,4,7-9H2,1H3,(H,21,22,23). The van der Waals surface area contributed by atoms with Gasteiger partial charge in [-0.2, -0.15) is 0 Å². The number of carbonyl (C=O) groups is 1. The molecule has 1 aromatic heterocycles. The Labute approximate surface area is 156 Å². The minimum atomic E-state index is -0.209. The van der Waals surface area contributed by atoms with Gasteiger partial charge in [-0.15, -0.1) is 0 Å². The molecule has 0 radical (unpaired) electrons. The third-order valence-electron chi connectivity index (χ3n) is 4.36. The van der Waals surface area contributed by atoms with Crippen LogP contribution in [0, 0.1) is 0 Å². The number of nitrogens with zero attached hydrogens (tertiary/aromatic N) is 2. The first kappa shape index (κ1) is 17.1. The molecule has 1 N–H and O–H groups in total. The molecule has 0 saturated carbocycles. The highest BCUT2D eigenvalue weighted by Gasteiger charge is 2.15. The van der Waals surface area contributed by atoms with Crippen LogP contribution in [0.2, 0.25) is 0 Å². The topological polar surface area (TPSA) is 82.6 Å². The average Bonchev–Trinajstić information content (AvgIpc) is 2.72. The number of hydrogen-bond donors (Lipinski definition) is 1. The zero-order valence-electron chi connectivity index (χ0n) is 14.9. The Morgan fingerprint density at radius 3 is 2.59 bits per heavy atom. The summed E-state index contributed by atoms with van der Waals surface area (Å²) in [5.41, 5.74) is 2.75. The van der Waals surface area contributed by atoms with Crippen molar-refractivity contribution in [3.63, 3.8) is 0 Å². The van der Waals surface area contributed by atoms with Gasteiger partial charge in [0, 0.05) is 23.6 Å². The summed E-state index contributed by atoms with van der Waals surface area (Å²) < 4.78 is 15.9. The van der Waals surface area contributed by atoms with Crippen LogP contribution in [0.15, 0.2) is 42.7 Å². The summed E-state index contributed by atoms with van der Waals surface area (Å²) in [7, 11) is 1.40. The first-order chi connectivity index (χ1) is 13.2. The van der Waals surface area contributed by atoms with Gasteiger partial charge in [-0.25, -0.2) is 9.97 Å². The van der Waals surface area contributed by atoms with Gasteiger partial charge in [0.25, 0.3) is 0 Å². The van der Waals surface area contributed by atoms with Gasteiger partial charge < -0.3 is 19.5 Å². The summed E-state index contributed by atoms with van der Waals surface area (Å²) in [5, 5.41) is 4.18. The maximum absolute atomic E-state index is 11.3. The molecule has 0 atom stereocenters. The number of carbonyl (C=O) groups excluding carboxylic acids is 1. The van der Waals surface area contributed by atoms with Crippen molar-refractivity contribution in [1.29, 1.82) is 0 Å². The maximum atomic E-state index is 11.3. The van der Waals surface area contributed by atoms with Crippen molar-refractivity contribution in [1.82, 2.24) is 9.97 Å². The van der Waals surface area contributed by atoms with Crippen LogP contribution in [0.4, 0.5) is 11.5 Å². The van der Waals surface area contributed by atoms with Crippen LogP contribution in [0.25, 0.3) is 10.9 Å². The lowest BCUT2D eigenvalue weighted by molar-refractivity contribution is -0.140. The lowest BCUT2D eigenvalue weighted by atomic mass is 10.1.